The highest BCUT2D eigenvalue weighted by molar-refractivity contribution is 5.85. The molecule has 0 radical (unpaired) electrons. The number of nitrogens with zero attached hydrogens (tertiary/aromatic N) is 3. The van der Waals surface area contributed by atoms with E-state index in [1.807, 2.05) is 9.80 Å². The molecule has 1 aliphatic carbocycles. The van der Waals surface area contributed by atoms with E-state index in [0.29, 0.717) is 32.7 Å². The third kappa shape index (κ3) is 6.93. The number of nitrogens with two attached hydrogens (primary N) is 1. The lowest BCUT2D eigenvalue weighted by Crippen LogP contribution is -2.54. The third-order valence-corrected chi connectivity index (χ3v) is 5.26. The van der Waals surface area contributed by atoms with Crippen LogP contribution in [0.5, 0.6) is 0 Å². The number of halogens is 2. The van der Waals surface area contributed by atoms with Gasteiger partial charge in [0, 0.05) is 38.1 Å². The zero-order chi connectivity index (χ0) is 16.8. The Balaban J connectivity index is 0.00000288. The molecule has 2 rings (SSSR count). The first-order chi connectivity index (χ1) is 11.0. The van der Waals surface area contributed by atoms with Gasteiger partial charge in [0.05, 0.1) is 6.54 Å². The van der Waals surface area contributed by atoms with Crippen LogP contribution in [0.2, 0.25) is 0 Å². The second-order valence-corrected chi connectivity index (χ2v) is 6.79. The van der Waals surface area contributed by atoms with Gasteiger partial charge in [0.15, 0.2) is 0 Å². The van der Waals surface area contributed by atoms with Crippen molar-refractivity contribution in [2.45, 2.75) is 45.6 Å². The quantitative estimate of drug-likeness (QED) is 0.761. The van der Waals surface area contributed by atoms with Gasteiger partial charge in [-0.3, -0.25) is 14.5 Å². The minimum atomic E-state index is 0. The van der Waals surface area contributed by atoms with Crippen molar-refractivity contribution in [1.29, 1.82) is 0 Å². The second-order valence-electron chi connectivity index (χ2n) is 6.79. The first-order valence-electron chi connectivity index (χ1n) is 9.09. The molecule has 2 atom stereocenters. The highest BCUT2D eigenvalue weighted by Gasteiger charge is 2.31. The van der Waals surface area contributed by atoms with Crippen LogP contribution < -0.4 is 5.73 Å². The fraction of sp³-hybridized carbons (Fsp3) is 0.882. The molecule has 148 valence electrons. The molecule has 2 N–H and O–H groups in total. The molecule has 2 aliphatic rings. The van der Waals surface area contributed by atoms with E-state index in [4.69, 9.17) is 5.73 Å². The zero-order valence-corrected chi connectivity index (χ0v) is 17.1. The van der Waals surface area contributed by atoms with Gasteiger partial charge in [-0.05, 0) is 32.4 Å². The monoisotopic (exact) mass is 396 g/mol. The number of amides is 2. The molecule has 1 saturated carbocycles. The van der Waals surface area contributed by atoms with Gasteiger partial charge in [0.1, 0.15) is 0 Å². The average molecular weight is 397 g/mol. The topological polar surface area (TPSA) is 69.9 Å². The summed E-state index contributed by atoms with van der Waals surface area (Å²) in [5.41, 5.74) is 6.00. The molecule has 1 heterocycles. The maximum Gasteiger partial charge on any atom is 0.236 e. The Morgan fingerprint density at radius 3 is 2.08 bits per heavy atom. The fourth-order valence-corrected chi connectivity index (χ4v) is 3.62. The van der Waals surface area contributed by atoms with Crippen molar-refractivity contribution >= 4 is 36.6 Å². The summed E-state index contributed by atoms with van der Waals surface area (Å²) in [6.07, 6.45) is 3.88. The molecular weight excluding hydrogens is 363 g/mol. The van der Waals surface area contributed by atoms with Crippen LogP contribution in [-0.2, 0) is 9.59 Å². The van der Waals surface area contributed by atoms with E-state index in [9.17, 15) is 9.59 Å². The summed E-state index contributed by atoms with van der Waals surface area (Å²) in [6.45, 7) is 9.05. The minimum Gasteiger partial charge on any atom is -0.339 e. The summed E-state index contributed by atoms with van der Waals surface area (Å²) >= 11 is 0. The van der Waals surface area contributed by atoms with Crippen LogP contribution in [0.25, 0.3) is 0 Å². The molecule has 0 spiro atoms. The van der Waals surface area contributed by atoms with E-state index < -0.39 is 0 Å². The van der Waals surface area contributed by atoms with Gasteiger partial charge in [0.2, 0.25) is 11.8 Å². The molecule has 1 aliphatic heterocycles. The van der Waals surface area contributed by atoms with E-state index in [2.05, 4.69) is 18.7 Å². The first-order valence-corrected chi connectivity index (χ1v) is 9.09. The molecule has 0 aromatic carbocycles. The van der Waals surface area contributed by atoms with Gasteiger partial charge in [-0.15, -0.1) is 24.8 Å². The number of carbonyl (C=O) groups is 2. The maximum absolute atomic E-state index is 12.6. The predicted octanol–water partition coefficient (Wildman–Crippen LogP) is 1.36. The van der Waals surface area contributed by atoms with Crippen LogP contribution in [0.15, 0.2) is 0 Å². The normalized spacial score (nSPS) is 23.7. The first kappa shape index (κ1) is 24.4. The second kappa shape index (κ2) is 11.9. The lowest BCUT2D eigenvalue weighted by Gasteiger charge is -2.38. The van der Waals surface area contributed by atoms with Gasteiger partial charge in [-0.2, -0.15) is 0 Å². The van der Waals surface area contributed by atoms with Crippen LogP contribution >= 0.6 is 24.8 Å². The van der Waals surface area contributed by atoms with Crippen molar-refractivity contribution in [3.05, 3.63) is 0 Å². The van der Waals surface area contributed by atoms with Crippen molar-refractivity contribution < 1.29 is 9.59 Å². The molecule has 1 saturated heterocycles. The van der Waals surface area contributed by atoms with Crippen molar-refractivity contribution in [2.75, 3.05) is 45.8 Å². The van der Waals surface area contributed by atoms with E-state index in [0.717, 1.165) is 38.8 Å². The summed E-state index contributed by atoms with van der Waals surface area (Å²) < 4.78 is 0. The standard InChI is InChI=1S/C17H32N4O2.2ClH/c1-3-19(4-2)13-16(22)20-8-10-21(11-9-20)17(23)14-6-5-7-15(18)12-14;;/h14-15H,3-13,18H2,1-2H3;2*1H. The fourth-order valence-electron chi connectivity index (χ4n) is 3.62. The summed E-state index contributed by atoms with van der Waals surface area (Å²) in [7, 11) is 0. The molecule has 2 amide bonds. The van der Waals surface area contributed by atoms with Crippen molar-refractivity contribution in [3.8, 4) is 0 Å². The van der Waals surface area contributed by atoms with Gasteiger partial charge >= 0.3 is 0 Å². The molecule has 8 heteroatoms. The van der Waals surface area contributed by atoms with Crippen LogP contribution in [0.4, 0.5) is 0 Å². The SMILES string of the molecule is CCN(CC)CC(=O)N1CCN(C(=O)C2CCCC(N)C2)CC1.Cl.Cl. The Labute approximate surface area is 164 Å². The number of rotatable bonds is 5. The van der Waals surface area contributed by atoms with Gasteiger partial charge in [-0.1, -0.05) is 20.3 Å². The van der Waals surface area contributed by atoms with Crippen molar-refractivity contribution in [2.24, 2.45) is 11.7 Å². The third-order valence-electron chi connectivity index (χ3n) is 5.26. The van der Waals surface area contributed by atoms with Crippen LogP contribution in [0.3, 0.4) is 0 Å². The Bertz CT molecular complexity index is 413. The van der Waals surface area contributed by atoms with Crippen LogP contribution in [0.1, 0.15) is 39.5 Å². The van der Waals surface area contributed by atoms with Gasteiger partial charge in [-0.25, -0.2) is 0 Å². The van der Waals surface area contributed by atoms with Gasteiger partial charge < -0.3 is 15.5 Å². The maximum atomic E-state index is 12.6. The molecular formula is C17H34Cl2N4O2. The summed E-state index contributed by atoms with van der Waals surface area (Å²) in [5, 5.41) is 0. The molecule has 0 bridgehead atoms. The molecule has 0 aromatic rings. The zero-order valence-electron chi connectivity index (χ0n) is 15.5. The summed E-state index contributed by atoms with van der Waals surface area (Å²) in [5.74, 6) is 0.521. The van der Waals surface area contributed by atoms with Crippen LogP contribution in [-0.4, -0.2) is 78.4 Å². The molecule has 2 fully saturated rings. The van der Waals surface area contributed by atoms with Crippen molar-refractivity contribution in [3.63, 3.8) is 0 Å². The van der Waals surface area contributed by atoms with E-state index in [1.165, 1.54) is 0 Å². The van der Waals surface area contributed by atoms with Crippen molar-refractivity contribution in [1.82, 2.24) is 14.7 Å². The average Bonchev–Trinajstić information content (AvgIpc) is 2.59. The number of hydrogen-bond donors (Lipinski definition) is 1. The van der Waals surface area contributed by atoms with Crippen LogP contribution in [0, 0.1) is 5.92 Å². The Kier molecular flexibility index (Phi) is 11.7. The highest BCUT2D eigenvalue weighted by Crippen LogP contribution is 2.25. The molecule has 2 unspecified atom stereocenters. The lowest BCUT2D eigenvalue weighted by atomic mass is 9.85. The Morgan fingerprint density at radius 2 is 1.56 bits per heavy atom. The van der Waals surface area contributed by atoms with Gasteiger partial charge in [0.25, 0.3) is 0 Å². The molecule has 0 aromatic heterocycles. The lowest BCUT2D eigenvalue weighted by molar-refractivity contribution is -0.143. The number of hydrogen-bond acceptors (Lipinski definition) is 4. The molecule has 25 heavy (non-hydrogen) atoms. The number of carbonyl (C=O) groups excluding carboxylic acids is 2. The van der Waals surface area contributed by atoms with E-state index in [1.54, 1.807) is 0 Å². The number of likely N-dealkylation sites (N-methyl/N-ethyl adjacent to an activating group) is 1. The largest absolute Gasteiger partial charge is 0.339 e. The van der Waals surface area contributed by atoms with E-state index >= 15 is 0 Å². The molecule has 6 nitrogen and oxygen atoms in total. The summed E-state index contributed by atoms with van der Waals surface area (Å²) in [6, 6.07) is 0.176. The Morgan fingerprint density at radius 1 is 1.00 bits per heavy atom. The minimum absolute atomic E-state index is 0. The van der Waals surface area contributed by atoms with E-state index in [-0.39, 0.29) is 48.6 Å². The highest BCUT2D eigenvalue weighted by atomic mass is 35.5. The Hall–Kier alpha value is -0.560. The number of piperazine rings is 1. The smallest absolute Gasteiger partial charge is 0.236 e. The predicted molar refractivity (Wildman–Crippen MR) is 105 cm³/mol. The summed E-state index contributed by atoms with van der Waals surface area (Å²) in [4.78, 5) is 30.9.